The Labute approximate surface area is 116 Å². The molecule has 0 aliphatic heterocycles. The Morgan fingerprint density at radius 2 is 2.05 bits per heavy atom. The van der Waals surface area contributed by atoms with Crippen LogP contribution in [0.4, 0.5) is 10.1 Å². The van der Waals surface area contributed by atoms with Crippen LogP contribution in [0.3, 0.4) is 0 Å². The molecule has 20 heavy (non-hydrogen) atoms. The standard InChI is InChI=1S/C14H15FN4O/c1-19(9-10-6-12(15)8-17-7-10)13-4-2-11(3-5-13)14(16)18-20/h2-8,20H,9H2,1H3,(H2,16,18). The van der Waals surface area contributed by atoms with Crippen LogP contribution in [0.25, 0.3) is 0 Å². The van der Waals surface area contributed by atoms with Crippen molar-refractivity contribution in [2.45, 2.75) is 6.54 Å². The van der Waals surface area contributed by atoms with E-state index in [0.717, 1.165) is 11.3 Å². The third kappa shape index (κ3) is 3.23. The van der Waals surface area contributed by atoms with E-state index in [0.29, 0.717) is 12.1 Å². The van der Waals surface area contributed by atoms with E-state index in [1.54, 1.807) is 18.3 Å². The van der Waals surface area contributed by atoms with Crippen molar-refractivity contribution in [2.24, 2.45) is 10.9 Å². The number of nitrogens with two attached hydrogens (primary N) is 1. The van der Waals surface area contributed by atoms with Crippen LogP contribution in [0.1, 0.15) is 11.1 Å². The third-order valence-electron chi connectivity index (χ3n) is 2.89. The minimum atomic E-state index is -0.349. The molecule has 0 radical (unpaired) electrons. The highest BCUT2D eigenvalue weighted by atomic mass is 19.1. The maximum absolute atomic E-state index is 13.1. The second kappa shape index (κ2) is 6.01. The average molecular weight is 274 g/mol. The van der Waals surface area contributed by atoms with Gasteiger partial charge in [0.25, 0.3) is 0 Å². The molecule has 0 spiro atoms. The van der Waals surface area contributed by atoms with Crippen molar-refractivity contribution in [3.05, 3.63) is 59.7 Å². The first kappa shape index (κ1) is 13.8. The van der Waals surface area contributed by atoms with Gasteiger partial charge in [0.1, 0.15) is 5.82 Å². The van der Waals surface area contributed by atoms with Crippen molar-refractivity contribution < 1.29 is 9.60 Å². The average Bonchev–Trinajstić information content (AvgIpc) is 2.46. The highest BCUT2D eigenvalue weighted by Crippen LogP contribution is 2.16. The number of pyridine rings is 1. The van der Waals surface area contributed by atoms with Crippen LogP contribution in [-0.2, 0) is 6.54 Å². The topological polar surface area (TPSA) is 74.7 Å². The molecule has 2 rings (SSSR count). The van der Waals surface area contributed by atoms with Crippen molar-refractivity contribution in [3.63, 3.8) is 0 Å². The Morgan fingerprint density at radius 1 is 1.35 bits per heavy atom. The minimum absolute atomic E-state index is 0.0635. The van der Waals surface area contributed by atoms with Crippen molar-refractivity contribution in [1.82, 2.24) is 4.98 Å². The van der Waals surface area contributed by atoms with Gasteiger partial charge in [-0.3, -0.25) is 4.98 Å². The smallest absolute Gasteiger partial charge is 0.170 e. The van der Waals surface area contributed by atoms with Gasteiger partial charge in [-0.05, 0) is 35.9 Å². The highest BCUT2D eigenvalue weighted by molar-refractivity contribution is 5.97. The van der Waals surface area contributed by atoms with Crippen LogP contribution < -0.4 is 10.6 Å². The second-order valence-electron chi connectivity index (χ2n) is 4.40. The lowest BCUT2D eigenvalue weighted by atomic mass is 10.1. The molecule has 0 fully saturated rings. The molecule has 6 heteroatoms. The summed E-state index contributed by atoms with van der Waals surface area (Å²) in [7, 11) is 1.89. The lowest BCUT2D eigenvalue weighted by molar-refractivity contribution is 0.318. The summed E-state index contributed by atoms with van der Waals surface area (Å²) in [5, 5.41) is 11.5. The van der Waals surface area contributed by atoms with Crippen molar-refractivity contribution in [2.75, 3.05) is 11.9 Å². The van der Waals surface area contributed by atoms with E-state index >= 15 is 0 Å². The van der Waals surface area contributed by atoms with E-state index in [4.69, 9.17) is 10.9 Å². The number of aromatic nitrogens is 1. The number of hydrogen-bond acceptors (Lipinski definition) is 4. The van der Waals surface area contributed by atoms with Gasteiger partial charge in [0.05, 0.1) is 6.20 Å². The maximum atomic E-state index is 13.1. The maximum Gasteiger partial charge on any atom is 0.170 e. The summed E-state index contributed by atoms with van der Waals surface area (Å²) in [5.41, 5.74) is 7.85. The predicted octanol–water partition coefficient (Wildman–Crippen LogP) is 1.95. The summed E-state index contributed by atoms with van der Waals surface area (Å²) in [6.45, 7) is 0.535. The number of halogens is 1. The Bertz CT molecular complexity index is 613. The van der Waals surface area contributed by atoms with Crippen molar-refractivity contribution >= 4 is 11.5 Å². The Morgan fingerprint density at radius 3 is 2.65 bits per heavy atom. The van der Waals surface area contributed by atoms with E-state index in [-0.39, 0.29) is 11.7 Å². The molecule has 3 N–H and O–H groups in total. The van der Waals surface area contributed by atoms with Gasteiger partial charge in [-0.15, -0.1) is 0 Å². The molecule has 1 aromatic carbocycles. The van der Waals surface area contributed by atoms with E-state index in [9.17, 15) is 4.39 Å². The summed E-state index contributed by atoms with van der Waals surface area (Å²) in [6.07, 6.45) is 2.81. The zero-order chi connectivity index (χ0) is 14.5. The molecule has 1 aromatic heterocycles. The summed E-state index contributed by atoms with van der Waals surface area (Å²) < 4.78 is 13.1. The molecule has 0 bridgehead atoms. The van der Waals surface area contributed by atoms with E-state index in [1.807, 2.05) is 24.1 Å². The van der Waals surface area contributed by atoms with E-state index in [2.05, 4.69) is 10.1 Å². The molecule has 2 aromatic rings. The van der Waals surface area contributed by atoms with Gasteiger partial charge in [0.15, 0.2) is 5.84 Å². The molecule has 0 aliphatic carbocycles. The van der Waals surface area contributed by atoms with Gasteiger partial charge in [-0.2, -0.15) is 0 Å². The Balaban J connectivity index is 2.11. The monoisotopic (exact) mass is 274 g/mol. The van der Waals surface area contributed by atoms with Gasteiger partial charge in [-0.1, -0.05) is 5.16 Å². The molecule has 0 atom stereocenters. The SMILES string of the molecule is CN(Cc1cncc(F)c1)c1ccc(/C(N)=N/O)cc1. The molecular formula is C14H15FN4O. The summed E-state index contributed by atoms with van der Waals surface area (Å²) in [4.78, 5) is 5.77. The molecule has 1 heterocycles. The van der Waals surface area contributed by atoms with Gasteiger partial charge in [-0.25, -0.2) is 4.39 Å². The first-order valence-electron chi connectivity index (χ1n) is 5.98. The quantitative estimate of drug-likeness (QED) is 0.387. The number of anilines is 1. The van der Waals surface area contributed by atoms with Crippen LogP contribution >= 0.6 is 0 Å². The van der Waals surface area contributed by atoms with Gasteiger partial charge in [0.2, 0.25) is 0 Å². The highest BCUT2D eigenvalue weighted by Gasteiger charge is 2.05. The molecular weight excluding hydrogens is 259 g/mol. The molecule has 0 saturated carbocycles. The lowest BCUT2D eigenvalue weighted by Gasteiger charge is -2.19. The number of hydrogen-bond donors (Lipinski definition) is 2. The van der Waals surface area contributed by atoms with Crippen LogP contribution in [0.2, 0.25) is 0 Å². The molecule has 5 nitrogen and oxygen atoms in total. The van der Waals surface area contributed by atoms with E-state index < -0.39 is 0 Å². The summed E-state index contributed by atoms with van der Waals surface area (Å²) in [5.74, 6) is -0.285. The summed E-state index contributed by atoms with van der Waals surface area (Å²) >= 11 is 0. The first-order valence-corrected chi connectivity index (χ1v) is 5.98. The largest absolute Gasteiger partial charge is 0.409 e. The fourth-order valence-corrected chi connectivity index (χ4v) is 1.85. The van der Waals surface area contributed by atoms with Crippen LogP contribution in [0.5, 0.6) is 0 Å². The number of nitrogens with zero attached hydrogens (tertiary/aromatic N) is 3. The molecule has 104 valence electrons. The van der Waals surface area contributed by atoms with E-state index in [1.165, 1.54) is 12.3 Å². The minimum Gasteiger partial charge on any atom is -0.409 e. The number of oxime groups is 1. The van der Waals surface area contributed by atoms with Gasteiger partial charge in [0, 0.05) is 31.0 Å². The molecule has 0 aliphatic rings. The van der Waals surface area contributed by atoms with Crippen molar-refractivity contribution in [1.29, 1.82) is 0 Å². The van der Waals surface area contributed by atoms with Gasteiger partial charge < -0.3 is 15.8 Å². The van der Waals surface area contributed by atoms with Crippen LogP contribution in [-0.4, -0.2) is 23.1 Å². The third-order valence-corrected chi connectivity index (χ3v) is 2.89. The summed E-state index contributed by atoms with van der Waals surface area (Å²) in [6, 6.07) is 8.66. The first-order chi connectivity index (χ1) is 9.60. The number of benzene rings is 1. The predicted molar refractivity (Wildman–Crippen MR) is 75.3 cm³/mol. The van der Waals surface area contributed by atoms with Crippen molar-refractivity contribution in [3.8, 4) is 0 Å². The molecule has 0 amide bonds. The normalized spacial score (nSPS) is 11.4. The number of rotatable bonds is 4. The zero-order valence-electron chi connectivity index (χ0n) is 11.0. The fourth-order valence-electron chi connectivity index (χ4n) is 1.85. The van der Waals surface area contributed by atoms with Gasteiger partial charge >= 0.3 is 0 Å². The second-order valence-corrected chi connectivity index (χ2v) is 4.40. The van der Waals surface area contributed by atoms with Crippen LogP contribution in [0, 0.1) is 5.82 Å². The lowest BCUT2D eigenvalue weighted by Crippen LogP contribution is -2.17. The van der Waals surface area contributed by atoms with Crippen LogP contribution in [0.15, 0.2) is 47.9 Å². The Kier molecular flexibility index (Phi) is 4.14. The molecule has 0 unspecified atom stereocenters. The Hall–Kier alpha value is -2.63. The fraction of sp³-hybridized carbons (Fsp3) is 0.143. The number of amidine groups is 1. The zero-order valence-corrected chi connectivity index (χ0v) is 11.0. The molecule has 0 saturated heterocycles.